The molecule has 4 heteroatoms. The molecule has 0 fully saturated rings. The first kappa shape index (κ1) is 16.2. The van der Waals surface area contributed by atoms with Crippen molar-refractivity contribution in [3.63, 3.8) is 0 Å². The van der Waals surface area contributed by atoms with Gasteiger partial charge in [0.2, 0.25) is 0 Å². The SMILES string of the molecule is N#Cc1c(-c2ccccc2)cc(-c2ccc(F)cc2)n2c1nc1ccccc12. The van der Waals surface area contributed by atoms with E-state index in [1.54, 1.807) is 12.1 Å². The summed E-state index contributed by atoms with van der Waals surface area (Å²) in [5.74, 6) is -0.285. The summed E-state index contributed by atoms with van der Waals surface area (Å²) in [5, 5.41) is 9.95. The number of halogens is 1. The molecular weight excluding hydrogens is 349 g/mol. The molecule has 3 nitrogen and oxygen atoms in total. The molecule has 0 spiro atoms. The summed E-state index contributed by atoms with van der Waals surface area (Å²) in [6, 6.07) is 28.3. The van der Waals surface area contributed by atoms with Gasteiger partial charge < -0.3 is 0 Å². The summed E-state index contributed by atoms with van der Waals surface area (Å²) < 4.78 is 15.5. The van der Waals surface area contributed by atoms with Crippen LogP contribution in [0.25, 0.3) is 39.1 Å². The normalized spacial score (nSPS) is 11.0. The summed E-state index contributed by atoms with van der Waals surface area (Å²) in [4.78, 5) is 4.74. The fraction of sp³-hybridized carbons (Fsp3) is 0. The molecule has 3 aromatic carbocycles. The highest BCUT2D eigenvalue weighted by molar-refractivity contribution is 5.90. The summed E-state index contributed by atoms with van der Waals surface area (Å²) >= 11 is 0. The molecule has 0 amide bonds. The van der Waals surface area contributed by atoms with E-state index in [9.17, 15) is 9.65 Å². The van der Waals surface area contributed by atoms with Crippen molar-refractivity contribution in [3.8, 4) is 28.5 Å². The first-order chi connectivity index (χ1) is 13.8. The fourth-order valence-electron chi connectivity index (χ4n) is 3.62. The maximum Gasteiger partial charge on any atom is 0.157 e. The lowest BCUT2D eigenvalue weighted by Gasteiger charge is -2.13. The number of nitriles is 1. The highest BCUT2D eigenvalue weighted by Crippen LogP contribution is 2.34. The Morgan fingerprint density at radius 3 is 2.29 bits per heavy atom. The summed E-state index contributed by atoms with van der Waals surface area (Å²) in [5.41, 5.74) is 6.32. The molecule has 0 aliphatic carbocycles. The molecule has 2 heterocycles. The lowest BCUT2D eigenvalue weighted by molar-refractivity contribution is 0.628. The lowest BCUT2D eigenvalue weighted by Crippen LogP contribution is -1.98. The molecule has 0 N–H and O–H groups in total. The van der Waals surface area contributed by atoms with Crippen molar-refractivity contribution in [1.82, 2.24) is 9.38 Å². The second-order valence-electron chi connectivity index (χ2n) is 6.56. The molecule has 0 aliphatic rings. The molecule has 0 radical (unpaired) electrons. The number of imidazole rings is 1. The minimum absolute atomic E-state index is 0.285. The number of rotatable bonds is 2. The van der Waals surface area contributed by atoms with E-state index in [0.29, 0.717) is 11.2 Å². The molecule has 5 aromatic rings. The molecule has 0 bridgehead atoms. The van der Waals surface area contributed by atoms with E-state index < -0.39 is 0 Å². The second-order valence-corrected chi connectivity index (χ2v) is 6.56. The lowest BCUT2D eigenvalue weighted by atomic mass is 9.98. The van der Waals surface area contributed by atoms with Crippen LogP contribution >= 0.6 is 0 Å². The van der Waals surface area contributed by atoms with Gasteiger partial charge in [-0.1, -0.05) is 42.5 Å². The number of benzene rings is 3. The van der Waals surface area contributed by atoms with Gasteiger partial charge in [-0.25, -0.2) is 9.37 Å². The van der Waals surface area contributed by atoms with Crippen LogP contribution in [0.3, 0.4) is 0 Å². The largest absolute Gasteiger partial charge is 0.291 e. The Kier molecular flexibility index (Phi) is 3.67. The van der Waals surface area contributed by atoms with Crippen molar-refractivity contribution in [1.29, 1.82) is 5.26 Å². The summed E-state index contributed by atoms with van der Waals surface area (Å²) in [7, 11) is 0. The Hall–Kier alpha value is -3.97. The van der Waals surface area contributed by atoms with Gasteiger partial charge in [0, 0.05) is 5.56 Å². The number of pyridine rings is 1. The van der Waals surface area contributed by atoms with Crippen molar-refractivity contribution in [2.75, 3.05) is 0 Å². The number of hydrogen-bond acceptors (Lipinski definition) is 2. The molecule has 0 unspecified atom stereocenters. The highest BCUT2D eigenvalue weighted by Gasteiger charge is 2.18. The number of hydrogen-bond donors (Lipinski definition) is 0. The van der Waals surface area contributed by atoms with E-state index in [1.807, 2.05) is 65.1 Å². The van der Waals surface area contributed by atoms with Crippen LogP contribution in [0.1, 0.15) is 5.56 Å². The predicted molar refractivity (Wildman–Crippen MR) is 108 cm³/mol. The highest BCUT2D eigenvalue weighted by atomic mass is 19.1. The zero-order chi connectivity index (χ0) is 19.1. The number of fused-ring (bicyclic) bond motifs is 3. The Bertz CT molecular complexity index is 1360. The molecular formula is C24H14FN3. The smallest absolute Gasteiger partial charge is 0.157 e. The van der Waals surface area contributed by atoms with Crippen LogP contribution in [0.5, 0.6) is 0 Å². The standard InChI is InChI=1S/C24H14FN3/c25-18-12-10-17(11-13-18)23-14-19(16-6-2-1-3-7-16)20(15-26)24-27-21-8-4-5-9-22(21)28(23)24/h1-14H. The average molecular weight is 363 g/mol. The first-order valence-corrected chi connectivity index (χ1v) is 8.92. The number of aromatic nitrogens is 2. The van der Waals surface area contributed by atoms with Crippen LogP contribution in [0.2, 0.25) is 0 Å². The van der Waals surface area contributed by atoms with E-state index in [2.05, 4.69) is 6.07 Å². The van der Waals surface area contributed by atoms with Gasteiger partial charge in [-0.15, -0.1) is 0 Å². The monoisotopic (exact) mass is 363 g/mol. The van der Waals surface area contributed by atoms with Crippen LogP contribution in [0, 0.1) is 17.1 Å². The molecule has 0 saturated heterocycles. The molecule has 28 heavy (non-hydrogen) atoms. The fourth-order valence-corrected chi connectivity index (χ4v) is 3.62. The maximum atomic E-state index is 13.5. The summed E-state index contributed by atoms with van der Waals surface area (Å²) in [6.07, 6.45) is 0. The maximum absolute atomic E-state index is 13.5. The third-order valence-electron chi connectivity index (χ3n) is 4.91. The van der Waals surface area contributed by atoms with Gasteiger partial charge in [0.05, 0.1) is 16.7 Å². The van der Waals surface area contributed by atoms with Crippen molar-refractivity contribution >= 4 is 16.7 Å². The second kappa shape index (κ2) is 6.33. The van der Waals surface area contributed by atoms with Crippen molar-refractivity contribution < 1.29 is 4.39 Å². The van der Waals surface area contributed by atoms with Gasteiger partial charge in [0.15, 0.2) is 5.65 Å². The third-order valence-corrected chi connectivity index (χ3v) is 4.91. The minimum Gasteiger partial charge on any atom is -0.291 e. The molecule has 132 valence electrons. The van der Waals surface area contributed by atoms with Crippen molar-refractivity contribution in [2.24, 2.45) is 0 Å². The minimum atomic E-state index is -0.285. The van der Waals surface area contributed by atoms with E-state index in [-0.39, 0.29) is 5.82 Å². The van der Waals surface area contributed by atoms with Gasteiger partial charge in [0.25, 0.3) is 0 Å². The van der Waals surface area contributed by atoms with Crippen LogP contribution < -0.4 is 0 Å². The zero-order valence-corrected chi connectivity index (χ0v) is 14.8. The number of nitrogens with zero attached hydrogens (tertiary/aromatic N) is 3. The van der Waals surface area contributed by atoms with E-state index >= 15 is 0 Å². The van der Waals surface area contributed by atoms with E-state index in [4.69, 9.17) is 4.98 Å². The van der Waals surface area contributed by atoms with Crippen LogP contribution in [0.15, 0.2) is 84.9 Å². The first-order valence-electron chi connectivity index (χ1n) is 8.92. The molecule has 0 aliphatic heterocycles. The zero-order valence-electron chi connectivity index (χ0n) is 14.8. The summed E-state index contributed by atoms with van der Waals surface area (Å²) in [6.45, 7) is 0. The Morgan fingerprint density at radius 1 is 0.821 bits per heavy atom. The van der Waals surface area contributed by atoms with Gasteiger partial charge in [-0.05, 0) is 53.6 Å². The van der Waals surface area contributed by atoms with Gasteiger partial charge in [-0.3, -0.25) is 4.40 Å². The Morgan fingerprint density at radius 2 is 1.54 bits per heavy atom. The van der Waals surface area contributed by atoms with Crippen molar-refractivity contribution in [3.05, 3.63) is 96.3 Å². The quantitative estimate of drug-likeness (QED) is 0.396. The molecule has 5 rings (SSSR count). The van der Waals surface area contributed by atoms with Crippen LogP contribution in [-0.2, 0) is 0 Å². The topological polar surface area (TPSA) is 41.1 Å². The number of para-hydroxylation sites is 2. The van der Waals surface area contributed by atoms with Gasteiger partial charge in [0.1, 0.15) is 17.4 Å². The van der Waals surface area contributed by atoms with Crippen molar-refractivity contribution in [2.45, 2.75) is 0 Å². The Labute approximate surface area is 160 Å². The predicted octanol–water partition coefficient (Wildman–Crippen LogP) is 5.83. The third kappa shape index (κ3) is 2.45. The van der Waals surface area contributed by atoms with Crippen LogP contribution in [-0.4, -0.2) is 9.38 Å². The molecule has 0 saturated carbocycles. The Balaban J connectivity index is 1.96. The van der Waals surface area contributed by atoms with E-state index in [1.165, 1.54) is 12.1 Å². The molecule has 0 atom stereocenters. The molecule has 2 aromatic heterocycles. The van der Waals surface area contributed by atoms with Gasteiger partial charge in [-0.2, -0.15) is 5.26 Å². The average Bonchev–Trinajstić information content (AvgIpc) is 3.13. The van der Waals surface area contributed by atoms with Gasteiger partial charge >= 0.3 is 0 Å². The van der Waals surface area contributed by atoms with E-state index in [0.717, 1.165) is 33.4 Å². The van der Waals surface area contributed by atoms with Crippen LogP contribution in [0.4, 0.5) is 4.39 Å².